The highest BCUT2D eigenvalue weighted by Crippen LogP contribution is 2.38. The molecule has 1 fully saturated rings. The van der Waals surface area contributed by atoms with Gasteiger partial charge in [-0.05, 0) is 32.4 Å². The van der Waals surface area contributed by atoms with Crippen molar-refractivity contribution >= 4 is 22.9 Å². The van der Waals surface area contributed by atoms with E-state index in [-0.39, 0.29) is 23.9 Å². The SMILES string of the molecule is Cc1ccc(-c2nc(C3C(=O)CC(Cc4ccccn4)C3=O)c(C)s2)cc1. The highest BCUT2D eigenvalue weighted by Gasteiger charge is 2.44. The van der Waals surface area contributed by atoms with E-state index in [0.29, 0.717) is 12.1 Å². The molecule has 5 heteroatoms. The van der Waals surface area contributed by atoms with Crippen LogP contribution in [-0.4, -0.2) is 21.5 Å². The van der Waals surface area contributed by atoms with Gasteiger partial charge >= 0.3 is 0 Å². The second-order valence-corrected chi connectivity index (χ2v) is 8.26. The van der Waals surface area contributed by atoms with Crippen LogP contribution in [0.25, 0.3) is 10.6 Å². The van der Waals surface area contributed by atoms with Gasteiger partial charge in [0, 0.05) is 34.7 Å². The van der Waals surface area contributed by atoms with Crippen molar-refractivity contribution in [2.24, 2.45) is 5.92 Å². The molecule has 1 aliphatic carbocycles. The molecule has 0 spiro atoms. The summed E-state index contributed by atoms with van der Waals surface area (Å²) in [7, 11) is 0. The second kappa shape index (κ2) is 7.16. The minimum atomic E-state index is -0.728. The number of thiazole rings is 1. The Labute approximate surface area is 162 Å². The molecule has 0 N–H and O–H groups in total. The summed E-state index contributed by atoms with van der Waals surface area (Å²) in [4.78, 5) is 35.6. The number of pyridine rings is 1. The van der Waals surface area contributed by atoms with Gasteiger partial charge in [0.15, 0.2) is 5.78 Å². The maximum Gasteiger partial charge on any atom is 0.153 e. The third-order valence-corrected chi connectivity index (χ3v) is 6.08. The lowest BCUT2D eigenvalue weighted by Crippen LogP contribution is -2.18. The first-order valence-electron chi connectivity index (χ1n) is 9.03. The number of aryl methyl sites for hydroxylation is 2. The summed E-state index contributed by atoms with van der Waals surface area (Å²) >= 11 is 1.54. The van der Waals surface area contributed by atoms with Gasteiger partial charge in [-0.15, -0.1) is 11.3 Å². The normalized spacial score (nSPS) is 19.6. The average Bonchev–Trinajstić information content (AvgIpc) is 3.16. The number of rotatable bonds is 4. The molecular formula is C22H20N2O2S. The van der Waals surface area contributed by atoms with E-state index < -0.39 is 5.92 Å². The van der Waals surface area contributed by atoms with Crippen molar-refractivity contribution in [3.05, 3.63) is 70.5 Å². The zero-order valence-corrected chi connectivity index (χ0v) is 16.1. The summed E-state index contributed by atoms with van der Waals surface area (Å²) in [6.45, 7) is 3.98. The quantitative estimate of drug-likeness (QED) is 0.637. The number of carbonyl (C=O) groups excluding carboxylic acids is 2. The van der Waals surface area contributed by atoms with Crippen molar-refractivity contribution in [2.45, 2.75) is 32.6 Å². The summed E-state index contributed by atoms with van der Waals surface area (Å²) in [5, 5.41) is 0.858. The standard InChI is InChI=1S/C22H20N2O2S/c1-13-6-8-15(9-7-13)22-24-20(14(2)27-22)19-18(25)12-16(21(19)26)11-17-5-3-4-10-23-17/h3-10,16,19H,11-12H2,1-2H3. The third kappa shape index (κ3) is 3.47. The Morgan fingerprint density at radius 1 is 1.07 bits per heavy atom. The maximum absolute atomic E-state index is 13.0. The van der Waals surface area contributed by atoms with Crippen LogP contribution in [0.3, 0.4) is 0 Å². The van der Waals surface area contributed by atoms with Crippen LogP contribution < -0.4 is 0 Å². The zero-order chi connectivity index (χ0) is 19.0. The first-order chi connectivity index (χ1) is 13.0. The fraction of sp³-hybridized carbons (Fsp3) is 0.273. The van der Waals surface area contributed by atoms with Gasteiger partial charge in [-0.1, -0.05) is 35.9 Å². The number of Topliss-reactive ketones (excluding diaryl/α,β-unsaturated/α-hetero) is 2. The zero-order valence-electron chi connectivity index (χ0n) is 15.3. The van der Waals surface area contributed by atoms with E-state index in [4.69, 9.17) is 4.98 Å². The first-order valence-corrected chi connectivity index (χ1v) is 9.85. The molecular weight excluding hydrogens is 356 g/mol. The van der Waals surface area contributed by atoms with Gasteiger partial charge in [0.05, 0.1) is 5.69 Å². The lowest BCUT2D eigenvalue weighted by Gasteiger charge is -2.08. The number of nitrogens with zero attached hydrogens (tertiary/aromatic N) is 2. The van der Waals surface area contributed by atoms with Gasteiger partial charge in [0.1, 0.15) is 16.7 Å². The average molecular weight is 376 g/mol. The van der Waals surface area contributed by atoms with Gasteiger partial charge in [-0.3, -0.25) is 14.6 Å². The van der Waals surface area contributed by atoms with E-state index in [0.717, 1.165) is 21.1 Å². The molecule has 2 unspecified atom stereocenters. The molecule has 3 aromatic rings. The van der Waals surface area contributed by atoms with Crippen molar-refractivity contribution in [3.8, 4) is 10.6 Å². The van der Waals surface area contributed by atoms with Gasteiger partial charge in [0.2, 0.25) is 0 Å². The Morgan fingerprint density at radius 3 is 2.56 bits per heavy atom. The third-order valence-electron chi connectivity index (χ3n) is 5.04. The van der Waals surface area contributed by atoms with E-state index in [1.54, 1.807) is 17.5 Å². The minimum Gasteiger partial charge on any atom is -0.298 e. The lowest BCUT2D eigenvalue weighted by molar-refractivity contribution is -0.124. The Kier molecular flexibility index (Phi) is 4.70. The predicted octanol–water partition coefficient (Wildman–Crippen LogP) is 4.31. The molecule has 1 aromatic carbocycles. The Balaban J connectivity index is 1.60. The summed E-state index contributed by atoms with van der Waals surface area (Å²) in [5.74, 6) is -1.07. The van der Waals surface area contributed by atoms with Crippen LogP contribution in [0.4, 0.5) is 0 Å². The monoisotopic (exact) mass is 376 g/mol. The number of benzene rings is 1. The van der Waals surface area contributed by atoms with Crippen molar-refractivity contribution in [3.63, 3.8) is 0 Å². The van der Waals surface area contributed by atoms with Crippen LogP contribution >= 0.6 is 11.3 Å². The molecule has 2 atom stereocenters. The molecule has 136 valence electrons. The van der Waals surface area contributed by atoms with Crippen LogP contribution in [-0.2, 0) is 16.0 Å². The molecule has 0 saturated heterocycles. The smallest absolute Gasteiger partial charge is 0.153 e. The van der Waals surface area contributed by atoms with Crippen molar-refractivity contribution in [1.29, 1.82) is 0 Å². The summed E-state index contributed by atoms with van der Waals surface area (Å²) in [5.41, 5.74) is 3.68. The predicted molar refractivity (Wildman–Crippen MR) is 106 cm³/mol. The van der Waals surface area contributed by atoms with Crippen molar-refractivity contribution in [1.82, 2.24) is 9.97 Å². The van der Waals surface area contributed by atoms with Crippen LogP contribution in [0.2, 0.25) is 0 Å². The van der Waals surface area contributed by atoms with Crippen LogP contribution in [0.1, 0.15) is 34.2 Å². The molecule has 4 nitrogen and oxygen atoms in total. The molecule has 0 aliphatic heterocycles. The van der Waals surface area contributed by atoms with Gasteiger partial charge in [-0.2, -0.15) is 0 Å². The van der Waals surface area contributed by atoms with Crippen LogP contribution in [0.5, 0.6) is 0 Å². The summed E-state index contributed by atoms with van der Waals surface area (Å²) in [6, 6.07) is 13.8. The molecule has 1 aliphatic rings. The minimum absolute atomic E-state index is 0.0190. The van der Waals surface area contributed by atoms with E-state index in [1.807, 2.05) is 56.3 Å². The fourth-order valence-electron chi connectivity index (χ4n) is 3.58. The molecule has 2 aromatic heterocycles. The molecule has 4 rings (SSSR count). The molecule has 0 bridgehead atoms. The topological polar surface area (TPSA) is 59.9 Å². The number of carbonyl (C=O) groups is 2. The van der Waals surface area contributed by atoms with Crippen LogP contribution in [0, 0.1) is 19.8 Å². The van der Waals surface area contributed by atoms with E-state index in [1.165, 1.54) is 5.56 Å². The van der Waals surface area contributed by atoms with Gasteiger partial charge < -0.3 is 0 Å². The second-order valence-electron chi connectivity index (χ2n) is 7.05. The number of ketones is 2. The first kappa shape index (κ1) is 17.7. The Hall–Kier alpha value is -2.66. The molecule has 27 heavy (non-hydrogen) atoms. The highest BCUT2D eigenvalue weighted by molar-refractivity contribution is 7.15. The lowest BCUT2D eigenvalue weighted by atomic mass is 9.95. The maximum atomic E-state index is 13.0. The van der Waals surface area contributed by atoms with Gasteiger partial charge in [-0.25, -0.2) is 4.98 Å². The van der Waals surface area contributed by atoms with E-state index in [2.05, 4.69) is 4.98 Å². The molecule has 1 saturated carbocycles. The molecule has 0 amide bonds. The molecule has 2 heterocycles. The van der Waals surface area contributed by atoms with E-state index in [9.17, 15) is 9.59 Å². The largest absolute Gasteiger partial charge is 0.298 e. The summed E-state index contributed by atoms with van der Waals surface area (Å²) in [6.07, 6.45) is 2.50. The number of hydrogen-bond donors (Lipinski definition) is 0. The Morgan fingerprint density at radius 2 is 1.85 bits per heavy atom. The number of aromatic nitrogens is 2. The molecule has 0 radical (unpaired) electrons. The Bertz CT molecular complexity index is 993. The van der Waals surface area contributed by atoms with E-state index >= 15 is 0 Å². The fourth-order valence-corrected chi connectivity index (χ4v) is 4.54. The van der Waals surface area contributed by atoms with Crippen molar-refractivity contribution in [2.75, 3.05) is 0 Å². The van der Waals surface area contributed by atoms with Crippen molar-refractivity contribution < 1.29 is 9.59 Å². The van der Waals surface area contributed by atoms with Gasteiger partial charge in [0.25, 0.3) is 0 Å². The van der Waals surface area contributed by atoms with Crippen LogP contribution in [0.15, 0.2) is 48.7 Å². The number of hydrogen-bond acceptors (Lipinski definition) is 5. The summed E-state index contributed by atoms with van der Waals surface area (Å²) < 4.78 is 0. The highest BCUT2D eigenvalue weighted by atomic mass is 32.1.